The van der Waals surface area contributed by atoms with Crippen LogP contribution in [0.15, 0.2) is 303 Å². The average Bonchev–Trinajstić information content (AvgIpc) is 4.27. The maximum absolute atomic E-state index is 2.81. The molecule has 0 amide bonds. The molecular formula is C73H50N2Si. The third kappa shape index (κ3) is 6.40. The van der Waals surface area contributed by atoms with E-state index in [1.807, 2.05) is 0 Å². The van der Waals surface area contributed by atoms with E-state index >= 15 is 0 Å². The number of para-hydroxylation sites is 2. The fourth-order valence-corrected chi connectivity index (χ4v) is 18.3. The Hall–Kier alpha value is -9.54. The monoisotopic (exact) mass is 982 g/mol. The van der Waals surface area contributed by atoms with Gasteiger partial charge in [-0.1, -0.05) is 255 Å². The van der Waals surface area contributed by atoms with E-state index < -0.39 is 13.5 Å². The Kier molecular flexibility index (Phi) is 10.2. The number of hydrogen-bond acceptors (Lipinski definition) is 0. The molecule has 0 fully saturated rings. The van der Waals surface area contributed by atoms with Crippen LogP contribution in [0.4, 0.5) is 0 Å². The quantitative estimate of drug-likeness (QED) is 0.101. The van der Waals surface area contributed by atoms with Crippen molar-refractivity contribution in [1.82, 2.24) is 9.13 Å². The third-order valence-corrected chi connectivity index (χ3v) is 21.3. The van der Waals surface area contributed by atoms with Gasteiger partial charge in [-0.15, -0.1) is 0 Å². The molecule has 0 saturated carbocycles. The molecule has 12 aromatic carbocycles. The predicted octanol–water partition coefficient (Wildman–Crippen LogP) is 15.3. The smallest absolute Gasteiger partial charge is 0.179 e. The lowest BCUT2D eigenvalue weighted by Gasteiger charge is -2.34. The number of nitrogens with zero attached hydrogens (tertiary/aromatic N) is 2. The maximum atomic E-state index is 2.50. The fraction of sp³-hybridized carbons (Fsp3) is 0.0137. The first-order valence-electron chi connectivity index (χ1n) is 26.4. The standard InChI is InChI=1S/C73H50N2Si/c1-6-24-52(25-7-1)73(53-26-8-2-9-27-53)66-40-19-16-36-61(66)65-48-51(44-47-67(65)73)60-39-23-43-70-72(60)64-38-18-21-42-69(64)74(70)55-45-46-63-62-37-17-20-41-68(62)75(71(63)50-55)54-28-22-35-59(49-54)76(56-29-10-3-11-30-56,57-31-12-4-13-32-57)58-33-14-5-15-34-58/h1-50H. The molecule has 2 nitrogen and oxygen atoms in total. The van der Waals surface area contributed by atoms with Crippen molar-refractivity contribution in [2.45, 2.75) is 5.41 Å². The summed E-state index contributed by atoms with van der Waals surface area (Å²) in [6, 6.07) is 113. The second-order valence-corrected chi connectivity index (χ2v) is 24.1. The van der Waals surface area contributed by atoms with Crippen LogP contribution in [0, 0.1) is 0 Å². The predicted molar refractivity (Wildman–Crippen MR) is 321 cm³/mol. The number of rotatable bonds is 9. The van der Waals surface area contributed by atoms with Gasteiger partial charge in [0.15, 0.2) is 8.07 Å². The Balaban J connectivity index is 0.930. The van der Waals surface area contributed by atoms with Gasteiger partial charge in [0.25, 0.3) is 0 Å². The van der Waals surface area contributed by atoms with Crippen molar-refractivity contribution in [2.75, 3.05) is 0 Å². The van der Waals surface area contributed by atoms with Gasteiger partial charge in [0.2, 0.25) is 0 Å². The van der Waals surface area contributed by atoms with Crippen LogP contribution in [0.1, 0.15) is 22.3 Å². The molecule has 76 heavy (non-hydrogen) atoms. The Bertz CT molecular complexity index is 4360. The normalized spacial score (nSPS) is 12.8. The zero-order valence-corrected chi connectivity index (χ0v) is 42.8. The van der Waals surface area contributed by atoms with E-state index in [0.29, 0.717) is 0 Å². The highest BCUT2D eigenvalue weighted by atomic mass is 28.3. The summed E-state index contributed by atoms with van der Waals surface area (Å²) < 4.78 is 4.99. The van der Waals surface area contributed by atoms with E-state index in [1.54, 1.807) is 0 Å². The van der Waals surface area contributed by atoms with Crippen LogP contribution in [0.5, 0.6) is 0 Å². The van der Waals surface area contributed by atoms with Crippen LogP contribution in [0.3, 0.4) is 0 Å². The minimum atomic E-state index is -2.81. The van der Waals surface area contributed by atoms with Crippen molar-refractivity contribution >= 4 is 72.4 Å². The van der Waals surface area contributed by atoms with Crippen molar-refractivity contribution < 1.29 is 0 Å². The van der Waals surface area contributed by atoms with Gasteiger partial charge in [0, 0.05) is 32.9 Å². The molecule has 0 radical (unpaired) electrons. The zero-order valence-electron chi connectivity index (χ0n) is 41.8. The van der Waals surface area contributed by atoms with Gasteiger partial charge in [-0.25, -0.2) is 0 Å². The lowest BCUT2D eigenvalue weighted by molar-refractivity contribution is 0.768. The first-order chi connectivity index (χ1) is 37.7. The molecular weight excluding hydrogens is 933 g/mol. The molecule has 0 spiro atoms. The van der Waals surface area contributed by atoms with Crippen molar-refractivity contribution in [3.05, 3.63) is 326 Å². The Morgan fingerprint density at radius 1 is 0.263 bits per heavy atom. The summed E-state index contributed by atoms with van der Waals surface area (Å²) in [6.07, 6.45) is 0. The summed E-state index contributed by atoms with van der Waals surface area (Å²) >= 11 is 0. The van der Waals surface area contributed by atoms with Gasteiger partial charge >= 0.3 is 0 Å². The Morgan fingerprint density at radius 3 is 1.38 bits per heavy atom. The summed E-state index contributed by atoms with van der Waals surface area (Å²) in [5.74, 6) is 0. The second kappa shape index (κ2) is 17.6. The van der Waals surface area contributed by atoms with Gasteiger partial charge in [-0.05, 0) is 114 Å². The second-order valence-electron chi connectivity index (χ2n) is 20.3. The minimum absolute atomic E-state index is 0.450. The zero-order chi connectivity index (χ0) is 50.2. The largest absolute Gasteiger partial charge is 0.309 e. The molecule has 356 valence electrons. The number of hydrogen-bond donors (Lipinski definition) is 0. The number of fused-ring (bicyclic) bond motifs is 9. The number of benzene rings is 12. The first kappa shape index (κ1) is 44.0. The van der Waals surface area contributed by atoms with E-state index in [1.165, 1.54) is 109 Å². The van der Waals surface area contributed by atoms with Gasteiger partial charge in [-0.3, -0.25) is 0 Å². The van der Waals surface area contributed by atoms with Crippen LogP contribution in [0.25, 0.3) is 77.2 Å². The summed E-state index contributed by atoms with van der Waals surface area (Å²) in [4.78, 5) is 0. The molecule has 0 N–H and O–H groups in total. The van der Waals surface area contributed by atoms with E-state index in [0.717, 1.165) is 11.4 Å². The molecule has 2 aromatic heterocycles. The summed E-state index contributed by atoms with van der Waals surface area (Å²) in [7, 11) is -2.81. The number of aromatic nitrogens is 2. The van der Waals surface area contributed by atoms with E-state index in [4.69, 9.17) is 0 Å². The van der Waals surface area contributed by atoms with Crippen LogP contribution < -0.4 is 20.7 Å². The highest BCUT2D eigenvalue weighted by Gasteiger charge is 2.46. The Labute approximate surface area is 443 Å². The van der Waals surface area contributed by atoms with Gasteiger partial charge in [0.05, 0.1) is 27.5 Å². The van der Waals surface area contributed by atoms with Gasteiger partial charge in [0.1, 0.15) is 0 Å². The van der Waals surface area contributed by atoms with Crippen molar-refractivity contribution in [3.8, 4) is 33.6 Å². The van der Waals surface area contributed by atoms with Crippen molar-refractivity contribution in [3.63, 3.8) is 0 Å². The van der Waals surface area contributed by atoms with Crippen LogP contribution in [0.2, 0.25) is 0 Å². The maximum Gasteiger partial charge on any atom is 0.179 e. The highest BCUT2D eigenvalue weighted by Crippen LogP contribution is 2.57. The van der Waals surface area contributed by atoms with Crippen LogP contribution >= 0.6 is 0 Å². The van der Waals surface area contributed by atoms with Crippen molar-refractivity contribution in [1.29, 1.82) is 0 Å². The van der Waals surface area contributed by atoms with Crippen LogP contribution in [-0.4, -0.2) is 17.2 Å². The molecule has 0 atom stereocenters. The summed E-state index contributed by atoms with van der Waals surface area (Å²) in [6.45, 7) is 0. The molecule has 0 saturated heterocycles. The van der Waals surface area contributed by atoms with Crippen LogP contribution in [-0.2, 0) is 5.41 Å². The minimum Gasteiger partial charge on any atom is -0.309 e. The van der Waals surface area contributed by atoms with E-state index in [9.17, 15) is 0 Å². The average molecular weight is 983 g/mol. The molecule has 0 aliphatic heterocycles. The first-order valence-corrected chi connectivity index (χ1v) is 28.4. The molecule has 15 rings (SSSR count). The molecule has 3 heteroatoms. The highest BCUT2D eigenvalue weighted by molar-refractivity contribution is 7.19. The van der Waals surface area contributed by atoms with Crippen molar-refractivity contribution in [2.24, 2.45) is 0 Å². The fourth-order valence-electron chi connectivity index (χ4n) is 13.5. The lowest BCUT2D eigenvalue weighted by Crippen LogP contribution is -2.74. The molecule has 1 aliphatic rings. The van der Waals surface area contributed by atoms with E-state index in [2.05, 4.69) is 312 Å². The van der Waals surface area contributed by atoms with E-state index in [-0.39, 0.29) is 0 Å². The molecule has 1 aliphatic carbocycles. The molecule has 0 bridgehead atoms. The summed E-state index contributed by atoms with van der Waals surface area (Å²) in [5, 5.41) is 10.4. The van der Waals surface area contributed by atoms with Gasteiger partial charge < -0.3 is 9.13 Å². The topological polar surface area (TPSA) is 9.86 Å². The summed E-state index contributed by atoms with van der Waals surface area (Å²) in [5.41, 5.74) is 16.7. The molecule has 14 aromatic rings. The van der Waals surface area contributed by atoms with Gasteiger partial charge in [-0.2, -0.15) is 0 Å². The molecule has 0 unspecified atom stereocenters. The lowest BCUT2D eigenvalue weighted by atomic mass is 9.67. The molecule has 2 heterocycles. The SMILES string of the molecule is c1ccc(C2(c3ccccc3)c3ccccc3-c3cc(-c4cccc5c4c4ccccc4n5-c4ccc5c6ccccc6n(-c6cccc([Si](c7ccccc7)(c7ccccc7)c7ccccc7)c6)c5c4)ccc32)cc1. The Morgan fingerprint density at radius 2 is 0.724 bits per heavy atom. The third-order valence-electron chi connectivity index (χ3n) is 16.5.